The van der Waals surface area contributed by atoms with Gasteiger partial charge in [0.25, 0.3) is 0 Å². The fourth-order valence-corrected chi connectivity index (χ4v) is 2.33. The van der Waals surface area contributed by atoms with E-state index >= 15 is 0 Å². The van der Waals surface area contributed by atoms with E-state index in [1.54, 1.807) is 12.1 Å². The summed E-state index contributed by atoms with van der Waals surface area (Å²) >= 11 is 0. The molecule has 0 saturated carbocycles. The van der Waals surface area contributed by atoms with Crippen molar-refractivity contribution in [1.82, 2.24) is 4.90 Å². The first-order chi connectivity index (χ1) is 8.67. The van der Waals surface area contributed by atoms with Gasteiger partial charge in [-0.05, 0) is 43.7 Å². The summed E-state index contributed by atoms with van der Waals surface area (Å²) in [5.74, 6) is -0.257. The van der Waals surface area contributed by atoms with E-state index in [4.69, 9.17) is 0 Å². The summed E-state index contributed by atoms with van der Waals surface area (Å²) < 4.78 is 12.8. The maximum atomic E-state index is 12.8. The molecular formula is C14H18FN3. The molecule has 1 N–H and O–H groups in total. The summed E-state index contributed by atoms with van der Waals surface area (Å²) in [7, 11) is 0. The second-order valence-corrected chi connectivity index (χ2v) is 4.76. The van der Waals surface area contributed by atoms with Crippen molar-refractivity contribution >= 4 is 5.69 Å². The molecule has 0 radical (unpaired) electrons. The van der Waals surface area contributed by atoms with Crippen LogP contribution in [0.15, 0.2) is 24.3 Å². The minimum absolute atomic E-state index is 0.257. The summed E-state index contributed by atoms with van der Waals surface area (Å²) in [5, 5.41) is 12.7. The summed E-state index contributed by atoms with van der Waals surface area (Å²) in [6.07, 6.45) is 1.60. The summed E-state index contributed by atoms with van der Waals surface area (Å²) in [6.45, 7) is 5.02. The van der Waals surface area contributed by atoms with Crippen molar-refractivity contribution in [2.24, 2.45) is 0 Å². The fourth-order valence-electron chi connectivity index (χ4n) is 2.33. The van der Waals surface area contributed by atoms with Crippen LogP contribution in [0.2, 0.25) is 0 Å². The van der Waals surface area contributed by atoms with Crippen LogP contribution in [0.4, 0.5) is 10.1 Å². The predicted octanol–water partition coefficient (Wildman–Crippen LogP) is 2.62. The van der Waals surface area contributed by atoms with Crippen LogP contribution < -0.4 is 5.32 Å². The maximum Gasteiger partial charge on any atom is 0.127 e. The Morgan fingerprint density at radius 2 is 1.94 bits per heavy atom. The minimum Gasteiger partial charge on any atom is -0.367 e. The van der Waals surface area contributed by atoms with Crippen LogP contribution in [0.5, 0.6) is 0 Å². The molecule has 1 aromatic carbocycles. The Kier molecular flexibility index (Phi) is 3.83. The van der Waals surface area contributed by atoms with Crippen molar-refractivity contribution < 1.29 is 4.39 Å². The first-order valence-corrected chi connectivity index (χ1v) is 6.35. The molecule has 3 nitrogen and oxygen atoms in total. The van der Waals surface area contributed by atoms with E-state index in [-0.39, 0.29) is 5.82 Å². The van der Waals surface area contributed by atoms with Crippen molar-refractivity contribution in [2.45, 2.75) is 25.3 Å². The highest BCUT2D eigenvalue weighted by Crippen LogP contribution is 2.26. The van der Waals surface area contributed by atoms with Gasteiger partial charge in [-0.25, -0.2) is 4.39 Å². The monoisotopic (exact) mass is 247 g/mol. The molecule has 0 amide bonds. The number of nitriles is 1. The van der Waals surface area contributed by atoms with Gasteiger partial charge in [-0.1, -0.05) is 6.92 Å². The smallest absolute Gasteiger partial charge is 0.127 e. The van der Waals surface area contributed by atoms with Crippen LogP contribution >= 0.6 is 0 Å². The molecule has 1 fully saturated rings. The van der Waals surface area contributed by atoms with Crippen molar-refractivity contribution in [3.05, 3.63) is 30.1 Å². The van der Waals surface area contributed by atoms with Gasteiger partial charge < -0.3 is 10.2 Å². The Hall–Kier alpha value is -1.60. The van der Waals surface area contributed by atoms with Gasteiger partial charge in [-0.2, -0.15) is 5.26 Å². The van der Waals surface area contributed by atoms with Gasteiger partial charge in [0.2, 0.25) is 0 Å². The molecule has 4 heteroatoms. The van der Waals surface area contributed by atoms with Crippen molar-refractivity contribution in [1.29, 1.82) is 5.26 Å². The van der Waals surface area contributed by atoms with Crippen molar-refractivity contribution in [2.75, 3.05) is 25.0 Å². The number of likely N-dealkylation sites (tertiary alicyclic amines) is 1. The first kappa shape index (κ1) is 12.8. The molecule has 2 rings (SSSR count). The lowest BCUT2D eigenvalue weighted by atomic mass is 9.88. The van der Waals surface area contributed by atoms with Gasteiger partial charge in [-0.15, -0.1) is 0 Å². The number of anilines is 1. The number of halogens is 1. The van der Waals surface area contributed by atoms with E-state index in [0.29, 0.717) is 0 Å². The SMILES string of the molecule is CCN1CCC(C#N)(Nc2ccc(F)cc2)CC1. The molecule has 1 aliphatic heterocycles. The number of piperidine rings is 1. The molecule has 0 atom stereocenters. The van der Waals surface area contributed by atoms with Gasteiger partial charge in [0.1, 0.15) is 11.4 Å². The average Bonchev–Trinajstić information content (AvgIpc) is 2.42. The third-order valence-electron chi connectivity index (χ3n) is 3.60. The number of hydrogen-bond donors (Lipinski definition) is 1. The number of nitrogens with zero attached hydrogens (tertiary/aromatic N) is 2. The third kappa shape index (κ3) is 2.80. The van der Waals surface area contributed by atoms with Crippen LogP contribution in [-0.2, 0) is 0 Å². The molecule has 0 aromatic heterocycles. The van der Waals surface area contributed by atoms with Crippen molar-refractivity contribution in [3.8, 4) is 6.07 Å². The third-order valence-corrected chi connectivity index (χ3v) is 3.60. The van der Waals surface area contributed by atoms with Crippen LogP contribution in [0.25, 0.3) is 0 Å². The molecular weight excluding hydrogens is 229 g/mol. The molecule has 0 unspecified atom stereocenters. The second kappa shape index (κ2) is 5.36. The van der Waals surface area contributed by atoms with E-state index in [1.165, 1.54) is 12.1 Å². The molecule has 96 valence electrons. The van der Waals surface area contributed by atoms with Gasteiger partial charge in [0, 0.05) is 18.8 Å². The largest absolute Gasteiger partial charge is 0.367 e. The molecule has 0 aliphatic carbocycles. The Bertz CT molecular complexity index is 427. The number of nitrogens with one attached hydrogen (secondary N) is 1. The zero-order valence-corrected chi connectivity index (χ0v) is 10.6. The standard InChI is InChI=1S/C14H18FN3/c1-2-18-9-7-14(11-16,8-10-18)17-13-5-3-12(15)4-6-13/h3-6,17H,2,7-10H2,1H3. The fraction of sp³-hybridized carbons (Fsp3) is 0.500. The highest BCUT2D eigenvalue weighted by atomic mass is 19.1. The minimum atomic E-state index is -0.510. The van der Waals surface area contributed by atoms with Crippen LogP contribution in [0.1, 0.15) is 19.8 Å². The Labute approximate surface area is 107 Å². The van der Waals surface area contributed by atoms with E-state index < -0.39 is 5.54 Å². The molecule has 1 aromatic rings. The molecule has 1 heterocycles. The lowest BCUT2D eigenvalue weighted by molar-refractivity contribution is 0.206. The van der Waals surface area contributed by atoms with Crippen LogP contribution in [0, 0.1) is 17.1 Å². The summed E-state index contributed by atoms with van der Waals surface area (Å²) in [6, 6.07) is 8.58. The number of hydrogen-bond acceptors (Lipinski definition) is 3. The lowest BCUT2D eigenvalue weighted by Crippen LogP contribution is -2.48. The molecule has 18 heavy (non-hydrogen) atoms. The van der Waals surface area contributed by atoms with Crippen LogP contribution in [0.3, 0.4) is 0 Å². The average molecular weight is 247 g/mol. The predicted molar refractivity (Wildman–Crippen MR) is 69.7 cm³/mol. The Balaban J connectivity index is 2.06. The molecule has 0 bridgehead atoms. The van der Waals surface area contributed by atoms with E-state index in [0.717, 1.165) is 38.2 Å². The maximum absolute atomic E-state index is 12.8. The zero-order valence-electron chi connectivity index (χ0n) is 10.6. The van der Waals surface area contributed by atoms with Gasteiger partial charge >= 0.3 is 0 Å². The topological polar surface area (TPSA) is 39.1 Å². The Morgan fingerprint density at radius 3 is 2.44 bits per heavy atom. The molecule has 1 aliphatic rings. The first-order valence-electron chi connectivity index (χ1n) is 6.35. The lowest BCUT2D eigenvalue weighted by Gasteiger charge is -2.37. The van der Waals surface area contributed by atoms with Gasteiger partial charge in [0.05, 0.1) is 6.07 Å². The molecule has 1 saturated heterocycles. The van der Waals surface area contributed by atoms with E-state index in [1.807, 2.05) is 0 Å². The Morgan fingerprint density at radius 1 is 1.33 bits per heavy atom. The quantitative estimate of drug-likeness (QED) is 0.892. The zero-order chi connectivity index (χ0) is 13.0. The van der Waals surface area contributed by atoms with Gasteiger partial charge in [-0.3, -0.25) is 0 Å². The van der Waals surface area contributed by atoms with Crippen LogP contribution in [-0.4, -0.2) is 30.1 Å². The number of rotatable bonds is 3. The summed E-state index contributed by atoms with van der Waals surface area (Å²) in [5.41, 5.74) is 0.298. The highest BCUT2D eigenvalue weighted by molar-refractivity contribution is 5.47. The van der Waals surface area contributed by atoms with E-state index in [2.05, 4.69) is 23.2 Å². The normalized spacial score (nSPS) is 19.2. The highest BCUT2D eigenvalue weighted by Gasteiger charge is 2.34. The van der Waals surface area contributed by atoms with Crippen molar-refractivity contribution in [3.63, 3.8) is 0 Å². The summed E-state index contributed by atoms with van der Waals surface area (Å²) in [4.78, 5) is 2.34. The second-order valence-electron chi connectivity index (χ2n) is 4.76. The van der Waals surface area contributed by atoms with E-state index in [9.17, 15) is 9.65 Å². The number of benzene rings is 1. The molecule has 0 spiro atoms. The van der Waals surface area contributed by atoms with Gasteiger partial charge in [0.15, 0.2) is 0 Å².